The predicted molar refractivity (Wildman–Crippen MR) is 62.4 cm³/mol. The second-order valence-corrected chi connectivity index (χ2v) is 4.26. The predicted octanol–water partition coefficient (Wildman–Crippen LogP) is 1.77. The van der Waals surface area contributed by atoms with E-state index in [2.05, 4.69) is 20.9 Å². The van der Waals surface area contributed by atoms with E-state index in [9.17, 15) is 4.79 Å². The van der Waals surface area contributed by atoms with Crippen molar-refractivity contribution in [2.45, 2.75) is 19.8 Å². The first-order valence-electron chi connectivity index (χ1n) is 5.41. The number of carbonyl (C=O) groups excluding carboxylic acids is 1. The topological polar surface area (TPSA) is 46.9 Å². The van der Waals surface area contributed by atoms with Gasteiger partial charge in [-0.1, -0.05) is 0 Å². The lowest BCUT2D eigenvalue weighted by atomic mass is 10.0. The highest BCUT2D eigenvalue weighted by Crippen LogP contribution is 2.28. The molecule has 4 heteroatoms. The van der Waals surface area contributed by atoms with E-state index >= 15 is 0 Å². The van der Waals surface area contributed by atoms with Crippen molar-refractivity contribution in [3.05, 3.63) is 23.5 Å². The Kier molecular flexibility index (Phi) is 1.80. The van der Waals surface area contributed by atoms with Gasteiger partial charge in [0, 0.05) is 19.2 Å². The van der Waals surface area contributed by atoms with Crippen LogP contribution in [0.3, 0.4) is 0 Å². The average molecular weight is 215 g/mol. The smallest absolute Gasteiger partial charge is 0.224 e. The van der Waals surface area contributed by atoms with E-state index in [1.807, 2.05) is 20.0 Å². The van der Waals surface area contributed by atoms with Crippen molar-refractivity contribution < 1.29 is 4.79 Å². The van der Waals surface area contributed by atoms with Crippen LogP contribution in [-0.2, 0) is 18.3 Å². The zero-order valence-electron chi connectivity index (χ0n) is 9.37. The molecule has 0 saturated carbocycles. The molecule has 0 bridgehead atoms. The fraction of sp³-hybridized carbons (Fsp3) is 0.333. The van der Waals surface area contributed by atoms with E-state index in [0.717, 1.165) is 29.0 Å². The Morgan fingerprint density at radius 3 is 3.00 bits per heavy atom. The standard InChI is InChI=1S/C12H13N3O/c1-7-13-10-6-9-8(3-4-12(16)14-9)5-11(10)15(7)2/h5-6H,3-4H2,1-2H3,(H,14,16). The lowest BCUT2D eigenvalue weighted by Crippen LogP contribution is -2.18. The van der Waals surface area contributed by atoms with Crippen LogP contribution in [0, 0.1) is 6.92 Å². The number of benzene rings is 1. The molecule has 0 saturated heterocycles. The van der Waals surface area contributed by atoms with E-state index < -0.39 is 0 Å². The maximum Gasteiger partial charge on any atom is 0.224 e. The molecule has 4 nitrogen and oxygen atoms in total. The maximum absolute atomic E-state index is 11.3. The number of anilines is 1. The van der Waals surface area contributed by atoms with Gasteiger partial charge in [-0.15, -0.1) is 0 Å². The monoisotopic (exact) mass is 215 g/mol. The van der Waals surface area contributed by atoms with Crippen LogP contribution in [0.25, 0.3) is 11.0 Å². The van der Waals surface area contributed by atoms with Crippen molar-refractivity contribution in [3.8, 4) is 0 Å². The lowest BCUT2D eigenvalue weighted by molar-refractivity contribution is -0.116. The third-order valence-corrected chi connectivity index (χ3v) is 3.22. The molecule has 0 aliphatic carbocycles. The van der Waals surface area contributed by atoms with Crippen LogP contribution in [0.4, 0.5) is 5.69 Å². The molecule has 0 atom stereocenters. The molecule has 1 aliphatic rings. The number of nitrogens with one attached hydrogen (secondary N) is 1. The maximum atomic E-state index is 11.3. The summed E-state index contributed by atoms with van der Waals surface area (Å²) in [6, 6.07) is 4.10. The fourth-order valence-electron chi connectivity index (χ4n) is 2.19. The molecule has 0 spiro atoms. The summed E-state index contributed by atoms with van der Waals surface area (Å²) in [5, 5.41) is 2.89. The van der Waals surface area contributed by atoms with Gasteiger partial charge in [0.15, 0.2) is 0 Å². The number of fused-ring (bicyclic) bond motifs is 2. The van der Waals surface area contributed by atoms with Crippen LogP contribution < -0.4 is 5.32 Å². The molecule has 0 fully saturated rings. The van der Waals surface area contributed by atoms with Crippen molar-refractivity contribution in [1.29, 1.82) is 0 Å². The average Bonchev–Trinajstić information content (AvgIpc) is 2.52. The Balaban J connectivity index is 2.27. The van der Waals surface area contributed by atoms with Gasteiger partial charge in [0.05, 0.1) is 11.0 Å². The van der Waals surface area contributed by atoms with Crippen LogP contribution >= 0.6 is 0 Å². The molecular formula is C12H13N3O. The lowest BCUT2D eigenvalue weighted by Gasteiger charge is -2.16. The van der Waals surface area contributed by atoms with Gasteiger partial charge in [-0.25, -0.2) is 4.98 Å². The van der Waals surface area contributed by atoms with Gasteiger partial charge in [0.2, 0.25) is 5.91 Å². The molecule has 1 aliphatic heterocycles. The first kappa shape index (κ1) is 9.39. The van der Waals surface area contributed by atoms with E-state index in [-0.39, 0.29) is 5.91 Å². The van der Waals surface area contributed by atoms with Crippen LogP contribution in [0.1, 0.15) is 17.8 Å². The Morgan fingerprint density at radius 1 is 1.38 bits per heavy atom. The van der Waals surface area contributed by atoms with Crippen LogP contribution in [0.15, 0.2) is 12.1 Å². The first-order valence-corrected chi connectivity index (χ1v) is 5.41. The van der Waals surface area contributed by atoms with Gasteiger partial charge in [0.1, 0.15) is 5.82 Å². The molecule has 0 unspecified atom stereocenters. The number of amides is 1. The highest BCUT2D eigenvalue weighted by atomic mass is 16.1. The number of nitrogens with zero attached hydrogens (tertiary/aromatic N) is 2. The van der Waals surface area contributed by atoms with Crippen molar-refractivity contribution in [1.82, 2.24) is 9.55 Å². The number of hydrogen-bond donors (Lipinski definition) is 1. The number of carbonyl (C=O) groups is 1. The van der Waals surface area contributed by atoms with Gasteiger partial charge in [-0.2, -0.15) is 0 Å². The summed E-state index contributed by atoms with van der Waals surface area (Å²) in [6.07, 6.45) is 1.40. The zero-order valence-corrected chi connectivity index (χ0v) is 9.37. The SMILES string of the molecule is Cc1nc2cc3c(cc2n1C)CCC(=O)N3. The number of aromatic nitrogens is 2. The largest absolute Gasteiger partial charge is 0.331 e. The summed E-state index contributed by atoms with van der Waals surface area (Å²) in [7, 11) is 2.01. The molecule has 2 aromatic rings. The Bertz CT molecular complexity index is 598. The molecule has 0 radical (unpaired) electrons. The molecule has 1 aromatic heterocycles. The molecule has 1 N–H and O–H groups in total. The van der Waals surface area contributed by atoms with E-state index in [0.29, 0.717) is 6.42 Å². The molecule has 2 heterocycles. The molecule has 82 valence electrons. The molecular weight excluding hydrogens is 202 g/mol. The Morgan fingerprint density at radius 2 is 2.19 bits per heavy atom. The molecule has 16 heavy (non-hydrogen) atoms. The Hall–Kier alpha value is -1.84. The van der Waals surface area contributed by atoms with Gasteiger partial charge in [0.25, 0.3) is 0 Å². The van der Waals surface area contributed by atoms with Crippen molar-refractivity contribution in [2.24, 2.45) is 7.05 Å². The number of rotatable bonds is 0. The van der Waals surface area contributed by atoms with Crippen LogP contribution in [0.5, 0.6) is 0 Å². The van der Waals surface area contributed by atoms with E-state index in [1.54, 1.807) is 0 Å². The van der Waals surface area contributed by atoms with Crippen molar-refractivity contribution >= 4 is 22.6 Å². The van der Waals surface area contributed by atoms with Crippen LogP contribution in [-0.4, -0.2) is 15.5 Å². The number of aryl methyl sites for hydroxylation is 3. The molecule has 3 rings (SSSR count). The highest BCUT2D eigenvalue weighted by molar-refractivity contribution is 5.96. The van der Waals surface area contributed by atoms with E-state index in [4.69, 9.17) is 0 Å². The highest BCUT2D eigenvalue weighted by Gasteiger charge is 2.17. The minimum atomic E-state index is 0.0968. The van der Waals surface area contributed by atoms with E-state index in [1.165, 1.54) is 5.56 Å². The number of hydrogen-bond acceptors (Lipinski definition) is 2. The minimum Gasteiger partial charge on any atom is -0.331 e. The second kappa shape index (κ2) is 3.07. The van der Waals surface area contributed by atoms with Crippen molar-refractivity contribution in [2.75, 3.05) is 5.32 Å². The summed E-state index contributed by atoms with van der Waals surface area (Å²) >= 11 is 0. The summed E-state index contributed by atoms with van der Waals surface area (Å²) < 4.78 is 2.08. The summed E-state index contributed by atoms with van der Waals surface area (Å²) in [4.78, 5) is 15.8. The fourth-order valence-corrected chi connectivity index (χ4v) is 2.19. The van der Waals surface area contributed by atoms with Crippen LogP contribution in [0.2, 0.25) is 0 Å². The zero-order chi connectivity index (χ0) is 11.3. The summed E-state index contributed by atoms with van der Waals surface area (Å²) in [5.41, 5.74) is 4.20. The summed E-state index contributed by atoms with van der Waals surface area (Å²) in [6.45, 7) is 1.98. The van der Waals surface area contributed by atoms with Crippen molar-refractivity contribution in [3.63, 3.8) is 0 Å². The molecule has 1 aromatic carbocycles. The van der Waals surface area contributed by atoms with Gasteiger partial charge < -0.3 is 9.88 Å². The third kappa shape index (κ3) is 1.23. The van der Waals surface area contributed by atoms with Gasteiger partial charge in [-0.3, -0.25) is 4.79 Å². The quantitative estimate of drug-likeness (QED) is 0.728. The second-order valence-electron chi connectivity index (χ2n) is 4.26. The first-order chi connectivity index (χ1) is 7.65. The third-order valence-electron chi connectivity index (χ3n) is 3.22. The Labute approximate surface area is 93.3 Å². The van der Waals surface area contributed by atoms with Gasteiger partial charge in [-0.05, 0) is 31.0 Å². The summed E-state index contributed by atoms with van der Waals surface area (Å²) in [5.74, 6) is 1.09. The molecule has 1 amide bonds. The van der Waals surface area contributed by atoms with Gasteiger partial charge >= 0.3 is 0 Å². The normalized spacial score (nSPS) is 15.0. The number of imidazole rings is 1. The minimum absolute atomic E-state index is 0.0968.